The first-order valence-corrected chi connectivity index (χ1v) is 11.5. The van der Waals surface area contributed by atoms with E-state index in [1.165, 1.54) is 0 Å². The van der Waals surface area contributed by atoms with Crippen molar-refractivity contribution in [3.63, 3.8) is 0 Å². The van der Waals surface area contributed by atoms with E-state index in [0.29, 0.717) is 27.1 Å². The molecule has 0 saturated carbocycles. The molecule has 5 nitrogen and oxygen atoms in total. The first-order chi connectivity index (χ1) is 14.2. The summed E-state index contributed by atoms with van der Waals surface area (Å²) in [5.41, 5.74) is 3.04. The molecule has 0 heterocycles. The number of halogens is 2. The van der Waals surface area contributed by atoms with Gasteiger partial charge >= 0.3 is 0 Å². The molecule has 0 spiro atoms. The molecule has 3 aromatic rings. The highest BCUT2D eigenvalue weighted by molar-refractivity contribution is 7.93. The molecule has 9 heteroatoms. The van der Waals surface area contributed by atoms with Crippen LogP contribution in [0.3, 0.4) is 0 Å². The van der Waals surface area contributed by atoms with Crippen LogP contribution in [0.1, 0.15) is 11.1 Å². The first kappa shape index (κ1) is 22.4. The quantitative estimate of drug-likeness (QED) is 0.378. The third-order valence-electron chi connectivity index (χ3n) is 4.22. The maximum Gasteiger partial charge on any atom is 0.264 e. The second kappa shape index (κ2) is 9.22. The van der Waals surface area contributed by atoms with Gasteiger partial charge in [-0.1, -0.05) is 47.5 Å². The number of nitrogens with one attached hydrogen (secondary N) is 3. The molecule has 0 bridgehead atoms. The summed E-state index contributed by atoms with van der Waals surface area (Å²) in [6.45, 7) is 3.71. The lowest BCUT2D eigenvalue weighted by Crippen LogP contribution is -2.22. The van der Waals surface area contributed by atoms with Crippen LogP contribution in [-0.4, -0.2) is 13.5 Å². The lowest BCUT2D eigenvalue weighted by molar-refractivity contribution is 0.601. The summed E-state index contributed by atoms with van der Waals surface area (Å²) in [6, 6.07) is 17.1. The van der Waals surface area contributed by atoms with Crippen molar-refractivity contribution in [1.82, 2.24) is 0 Å². The number of thiocarbonyl (C=S) groups is 1. The van der Waals surface area contributed by atoms with Crippen molar-refractivity contribution in [2.45, 2.75) is 18.7 Å². The van der Waals surface area contributed by atoms with E-state index in [1.54, 1.807) is 48.5 Å². The minimum atomic E-state index is -3.93. The Labute approximate surface area is 191 Å². The summed E-state index contributed by atoms with van der Waals surface area (Å²) in [4.78, 5) is 0.0495. The van der Waals surface area contributed by atoms with E-state index < -0.39 is 10.0 Å². The maximum absolute atomic E-state index is 13.1. The summed E-state index contributed by atoms with van der Waals surface area (Å²) in [5.74, 6) is 0. The van der Waals surface area contributed by atoms with Gasteiger partial charge in [-0.05, 0) is 73.6 Å². The summed E-state index contributed by atoms with van der Waals surface area (Å²) >= 11 is 17.6. The minimum absolute atomic E-state index is 0.0495. The molecule has 3 N–H and O–H groups in total. The monoisotopic (exact) mass is 479 g/mol. The van der Waals surface area contributed by atoms with Crippen LogP contribution in [0, 0.1) is 13.8 Å². The van der Waals surface area contributed by atoms with Gasteiger partial charge in [-0.15, -0.1) is 0 Å². The Hall–Kier alpha value is -2.32. The van der Waals surface area contributed by atoms with Gasteiger partial charge in [-0.2, -0.15) is 0 Å². The fraction of sp³-hybridized carbons (Fsp3) is 0.0952. The second-order valence-electron chi connectivity index (χ2n) is 6.63. The topological polar surface area (TPSA) is 70.2 Å². The van der Waals surface area contributed by atoms with Crippen LogP contribution < -0.4 is 15.4 Å². The lowest BCUT2D eigenvalue weighted by Gasteiger charge is -2.16. The predicted molar refractivity (Wildman–Crippen MR) is 129 cm³/mol. The van der Waals surface area contributed by atoms with E-state index in [0.717, 1.165) is 11.1 Å². The Morgan fingerprint density at radius 2 is 1.60 bits per heavy atom. The van der Waals surface area contributed by atoms with Gasteiger partial charge < -0.3 is 10.6 Å². The third-order valence-corrected chi connectivity index (χ3v) is 6.57. The smallest absolute Gasteiger partial charge is 0.264 e. The fourth-order valence-corrected chi connectivity index (χ4v) is 4.63. The Balaban J connectivity index is 1.86. The summed E-state index contributed by atoms with van der Waals surface area (Å²) in [5, 5.41) is 7.10. The van der Waals surface area contributed by atoms with E-state index in [4.69, 9.17) is 35.4 Å². The number of benzene rings is 3. The number of anilines is 3. The molecule has 0 unspecified atom stereocenters. The Kier molecular flexibility index (Phi) is 6.88. The number of hydrogen-bond donors (Lipinski definition) is 3. The van der Waals surface area contributed by atoms with Crippen LogP contribution in [-0.2, 0) is 10.0 Å². The van der Waals surface area contributed by atoms with E-state index in [-0.39, 0.29) is 10.0 Å². The highest BCUT2D eigenvalue weighted by atomic mass is 35.5. The number of hydrogen-bond acceptors (Lipinski definition) is 3. The van der Waals surface area contributed by atoms with Crippen LogP contribution in [0.5, 0.6) is 0 Å². The zero-order chi connectivity index (χ0) is 21.9. The fourth-order valence-electron chi connectivity index (χ4n) is 2.65. The van der Waals surface area contributed by atoms with E-state index in [9.17, 15) is 8.42 Å². The van der Waals surface area contributed by atoms with Crippen LogP contribution in [0.25, 0.3) is 0 Å². The molecule has 3 aromatic carbocycles. The molecule has 0 aromatic heterocycles. The van der Waals surface area contributed by atoms with E-state index in [1.807, 2.05) is 26.0 Å². The van der Waals surface area contributed by atoms with Crippen LogP contribution in [0.2, 0.25) is 10.0 Å². The molecule has 156 valence electrons. The van der Waals surface area contributed by atoms with Crippen molar-refractivity contribution in [1.29, 1.82) is 0 Å². The molecule has 0 radical (unpaired) electrons. The van der Waals surface area contributed by atoms with Crippen LogP contribution in [0.15, 0.2) is 65.6 Å². The molecule has 0 saturated heterocycles. The SMILES string of the molecule is Cc1ccc(NC(=S)Nc2ccc(C)c(Cl)c2)c(S(=O)(=O)Nc2ccccc2Cl)c1. The van der Waals surface area contributed by atoms with E-state index >= 15 is 0 Å². The Morgan fingerprint density at radius 1 is 0.867 bits per heavy atom. The maximum atomic E-state index is 13.1. The molecule has 0 aliphatic rings. The standard InChI is InChI=1S/C21H19Cl2N3O2S2/c1-13-7-10-19(25-21(29)24-15-9-8-14(2)17(23)12-15)20(11-13)30(27,28)26-18-6-4-3-5-16(18)22/h3-12,26H,1-2H3,(H2,24,25,29). The van der Waals surface area contributed by atoms with Gasteiger partial charge in [-0.3, -0.25) is 4.72 Å². The molecule has 30 heavy (non-hydrogen) atoms. The van der Waals surface area contributed by atoms with E-state index in [2.05, 4.69) is 15.4 Å². The molecule has 0 fully saturated rings. The number of rotatable bonds is 5. The summed E-state index contributed by atoms with van der Waals surface area (Å²) in [6.07, 6.45) is 0. The van der Waals surface area contributed by atoms with Gasteiger partial charge in [0.2, 0.25) is 0 Å². The highest BCUT2D eigenvalue weighted by Crippen LogP contribution is 2.28. The zero-order valence-electron chi connectivity index (χ0n) is 16.2. The van der Waals surface area contributed by atoms with Crippen molar-refractivity contribution < 1.29 is 8.42 Å². The van der Waals surface area contributed by atoms with Crippen molar-refractivity contribution >= 4 is 67.6 Å². The van der Waals surface area contributed by atoms with Gasteiger partial charge in [0.05, 0.1) is 16.4 Å². The average Bonchev–Trinajstić information content (AvgIpc) is 2.68. The van der Waals surface area contributed by atoms with Gasteiger partial charge in [0.1, 0.15) is 4.90 Å². The zero-order valence-corrected chi connectivity index (χ0v) is 19.3. The Bertz CT molecular complexity index is 1210. The van der Waals surface area contributed by atoms with Gasteiger partial charge in [0.25, 0.3) is 10.0 Å². The number of sulfonamides is 1. The number of aryl methyl sites for hydroxylation is 2. The molecule has 0 aliphatic heterocycles. The van der Waals surface area contributed by atoms with Crippen molar-refractivity contribution in [3.05, 3.63) is 81.8 Å². The van der Waals surface area contributed by atoms with Crippen molar-refractivity contribution in [2.75, 3.05) is 15.4 Å². The molecular weight excluding hydrogens is 461 g/mol. The lowest BCUT2D eigenvalue weighted by atomic mass is 10.2. The molecule has 3 rings (SSSR count). The number of para-hydroxylation sites is 1. The van der Waals surface area contributed by atoms with Crippen LogP contribution in [0.4, 0.5) is 17.1 Å². The predicted octanol–water partition coefficient (Wildman–Crippen LogP) is 6.22. The normalized spacial score (nSPS) is 11.1. The molecule has 0 amide bonds. The second-order valence-corrected chi connectivity index (χ2v) is 9.50. The average molecular weight is 480 g/mol. The van der Waals surface area contributed by atoms with Gasteiger partial charge in [0.15, 0.2) is 5.11 Å². The first-order valence-electron chi connectivity index (χ1n) is 8.88. The van der Waals surface area contributed by atoms with Crippen LogP contribution >= 0.6 is 35.4 Å². The largest absolute Gasteiger partial charge is 0.332 e. The third kappa shape index (κ3) is 5.43. The summed E-state index contributed by atoms with van der Waals surface area (Å²) < 4.78 is 28.6. The van der Waals surface area contributed by atoms with Gasteiger partial charge in [0, 0.05) is 10.7 Å². The van der Waals surface area contributed by atoms with Gasteiger partial charge in [-0.25, -0.2) is 8.42 Å². The molecule has 0 atom stereocenters. The Morgan fingerprint density at radius 3 is 2.30 bits per heavy atom. The summed E-state index contributed by atoms with van der Waals surface area (Å²) in [7, 11) is -3.93. The van der Waals surface area contributed by atoms with Crippen molar-refractivity contribution in [2.24, 2.45) is 0 Å². The molecule has 0 aliphatic carbocycles. The van der Waals surface area contributed by atoms with Crippen molar-refractivity contribution in [3.8, 4) is 0 Å². The molecular formula is C21H19Cl2N3O2S2. The highest BCUT2D eigenvalue weighted by Gasteiger charge is 2.21. The minimum Gasteiger partial charge on any atom is -0.332 e.